The van der Waals surface area contributed by atoms with E-state index in [1.165, 1.54) is 0 Å². The van der Waals surface area contributed by atoms with E-state index in [1.54, 1.807) is 0 Å². The van der Waals surface area contributed by atoms with Crippen LogP contribution in [0.2, 0.25) is 0 Å². The molecule has 0 saturated heterocycles. The Hall–Kier alpha value is -1.35. The van der Waals surface area contributed by atoms with Gasteiger partial charge < -0.3 is 11.1 Å². The van der Waals surface area contributed by atoms with E-state index in [0.29, 0.717) is 18.9 Å². The maximum Gasteiger partial charge on any atom is 0.220 e. The zero-order valence-electron chi connectivity index (χ0n) is 10.1. The van der Waals surface area contributed by atoms with Gasteiger partial charge >= 0.3 is 0 Å². The molecule has 92 valence electrons. The van der Waals surface area contributed by atoms with Gasteiger partial charge in [-0.25, -0.2) is 0 Å². The lowest BCUT2D eigenvalue weighted by Gasteiger charge is -2.14. The van der Waals surface area contributed by atoms with Crippen molar-refractivity contribution in [3.63, 3.8) is 0 Å². The van der Waals surface area contributed by atoms with Crippen LogP contribution in [0.25, 0.3) is 0 Å². The summed E-state index contributed by atoms with van der Waals surface area (Å²) in [6, 6.07) is 10.2. The molecule has 0 spiro atoms. The lowest BCUT2D eigenvalue weighted by Crippen LogP contribution is -2.31. The molecule has 1 aliphatic rings. The molecular formula is C14H20N2O. The average molecular weight is 232 g/mol. The van der Waals surface area contributed by atoms with Gasteiger partial charge in [0.05, 0.1) is 0 Å². The molecule has 0 heterocycles. The number of benzene rings is 1. The van der Waals surface area contributed by atoms with E-state index in [4.69, 9.17) is 5.73 Å². The highest BCUT2D eigenvalue weighted by molar-refractivity contribution is 5.76. The second-order valence-corrected chi connectivity index (χ2v) is 4.82. The first-order valence-corrected chi connectivity index (χ1v) is 6.32. The zero-order chi connectivity index (χ0) is 12.1. The van der Waals surface area contributed by atoms with Crippen molar-refractivity contribution in [1.82, 2.24) is 5.32 Å². The predicted molar refractivity (Wildman–Crippen MR) is 68.2 cm³/mol. The number of nitrogens with two attached hydrogens (primary N) is 1. The van der Waals surface area contributed by atoms with Crippen LogP contribution < -0.4 is 11.1 Å². The van der Waals surface area contributed by atoms with E-state index >= 15 is 0 Å². The lowest BCUT2D eigenvalue weighted by atomic mass is 10.00. The summed E-state index contributed by atoms with van der Waals surface area (Å²) in [5, 5.41) is 2.95. The number of rotatable bonds is 4. The fourth-order valence-electron chi connectivity index (χ4n) is 2.43. The van der Waals surface area contributed by atoms with Crippen molar-refractivity contribution in [2.75, 3.05) is 0 Å². The minimum atomic E-state index is 0.121. The Morgan fingerprint density at radius 2 is 2.06 bits per heavy atom. The van der Waals surface area contributed by atoms with Crippen molar-refractivity contribution < 1.29 is 4.79 Å². The molecule has 0 unspecified atom stereocenters. The van der Waals surface area contributed by atoms with E-state index in [1.807, 2.05) is 30.3 Å². The van der Waals surface area contributed by atoms with E-state index in [2.05, 4.69) is 5.32 Å². The molecule has 1 aromatic rings. The number of amides is 1. The van der Waals surface area contributed by atoms with E-state index < -0.39 is 0 Å². The number of nitrogens with one attached hydrogen (secondary N) is 1. The average Bonchev–Trinajstić information content (AvgIpc) is 2.74. The molecule has 3 nitrogen and oxygen atoms in total. The normalized spacial score (nSPS) is 23.6. The van der Waals surface area contributed by atoms with Crippen LogP contribution in [0.4, 0.5) is 0 Å². The zero-order valence-corrected chi connectivity index (χ0v) is 10.1. The summed E-state index contributed by atoms with van der Waals surface area (Å²) in [5.74, 6) is 0.502. The van der Waals surface area contributed by atoms with Crippen molar-refractivity contribution in [3.8, 4) is 0 Å². The molecule has 2 atom stereocenters. The van der Waals surface area contributed by atoms with Gasteiger partial charge in [0.25, 0.3) is 0 Å². The second-order valence-electron chi connectivity index (χ2n) is 4.82. The number of carbonyl (C=O) groups excluding carboxylic acids is 1. The van der Waals surface area contributed by atoms with Gasteiger partial charge in [-0.05, 0) is 24.3 Å². The monoisotopic (exact) mass is 232 g/mol. The minimum Gasteiger partial charge on any atom is -0.352 e. The minimum absolute atomic E-state index is 0.121. The third-order valence-corrected chi connectivity index (χ3v) is 3.50. The molecule has 3 heteroatoms. The standard InChI is InChI=1S/C14H20N2O/c15-13-8-4-7-12(13)9-14(17)16-10-11-5-2-1-3-6-11/h1-3,5-6,12-13H,4,7-10,15H2,(H,16,17)/t12-,13+/m0/s1. The third kappa shape index (κ3) is 3.56. The van der Waals surface area contributed by atoms with Gasteiger partial charge in [-0.3, -0.25) is 4.79 Å². The fraction of sp³-hybridized carbons (Fsp3) is 0.500. The van der Waals surface area contributed by atoms with Gasteiger partial charge in [0, 0.05) is 19.0 Å². The van der Waals surface area contributed by atoms with Crippen LogP contribution in [0.15, 0.2) is 30.3 Å². The summed E-state index contributed by atoms with van der Waals surface area (Å²) in [6.45, 7) is 0.613. The van der Waals surface area contributed by atoms with Crippen LogP contribution in [-0.4, -0.2) is 11.9 Å². The van der Waals surface area contributed by atoms with Gasteiger partial charge in [0.2, 0.25) is 5.91 Å². The van der Waals surface area contributed by atoms with Crippen LogP contribution in [0, 0.1) is 5.92 Å². The van der Waals surface area contributed by atoms with Crippen molar-refractivity contribution >= 4 is 5.91 Å². The summed E-state index contributed by atoms with van der Waals surface area (Å²) in [5.41, 5.74) is 7.09. The van der Waals surface area contributed by atoms with Crippen molar-refractivity contribution in [1.29, 1.82) is 0 Å². The Kier molecular flexibility index (Phi) is 4.15. The van der Waals surface area contributed by atoms with Gasteiger partial charge in [0.1, 0.15) is 0 Å². The first kappa shape index (κ1) is 12.1. The molecule has 1 aromatic carbocycles. The summed E-state index contributed by atoms with van der Waals surface area (Å²) in [4.78, 5) is 11.8. The summed E-state index contributed by atoms with van der Waals surface area (Å²) in [6.07, 6.45) is 3.91. The van der Waals surface area contributed by atoms with Crippen LogP contribution in [0.3, 0.4) is 0 Å². The molecule has 1 aliphatic carbocycles. The fourth-order valence-corrected chi connectivity index (χ4v) is 2.43. The summed E-state index contributed by atoms with van der Waals surface area (Å²) in [7, 11) is 0. The molecule has 0 aromatic heterocycles. The largest absolute Gasteiger partial charge is 0.352 e. The number of hydrogen-bond donors (Lipinski definition) is 2. The Morgan fingerprint density at radius 3 is 2.71 bits per heavy atom. The molecule has 17 heavy (non-hydrogen) atoms. The van der Waals surface area contributed by atoms with E-state index in [-0.39, 0.29) is 11.9 Å². The maximum atomic E-state index is 11.8. The van der Waals surface area contributed by atoms with Gasteiger partial charge in [0.15, 0.2) is 0 Å². The molecule has 0 bridgehead atoms. The summed E-state index contributed by atoms with van der Waals surface area (Å²) >= 11 is 0. The van der Waals surface area contributed by atoms with Crippen LogP contribution >= 0.6 is 0 Å². The topological polar surface area (TPSA) is 55.1 Å². The Bertz CT molecular complexity index is 364. The molecule has 1 fully saturated rings. The molecule has 0 radical (unpaired) electrons. The van der Waals surface area contributed by atoms with Crippen LogP contribution in [0.5, 0.6) is 0 Å². The van der Waals surface area contributed by atoms with Crippen molar-refractivity contribution in [2.24, 2.45) is 11.7 Å². The molecule has 0 aliphatic heterocycles. The van der Waals surface area contributed by atoms with Gasteiger partial charge in [-0.2, -0.15) is 0 Å². The highest BCUT2D eigenvalue weighted by atomic mass is 16.1. The molecule has 1 amide bonds. The molecule has 1 saturated carbocycles. The predicted octanol–water partition coefficient (Wildman–Crippen LogP) is 1.82. The Morgan fingerprint density at radius 1 is 1.29 bits per heavy atom. The smallest absolute Gasteiger partial charge is 0.220 e. The first-order valence-electron chi connectivity index (χ1n) is 6.32. The van der Waals surface area contributed by atoms with Crippen molar-refractivity contribution in [2.45, 2.75) is 38.3 Å². The molecular weight excluding hydrogens is 212 g/mol. The van der Waals surface area contributed by atoms with E-state index in [9.17, 15) is 4.79 Å². The van der Waals surface area contributed by atoms with E-state index in [0.717, 1.165) is 24.8 Å². The number of carbonyl (C=O) groups is 1. The third-order valence-electron chi connectivity index (χ3n) is 3.50. The van der Waals surface area contributed by atoms with Gasteiger partial charge in [-0.15, -0.1) is 0 Å². The SMILES string of the molecule is N[C@@H]1CCC[C@H]1CC(=O)NCc1ccccc1. The highest BCUT2D eigenvalue weighted by Gasteiger charge is 2.25. The van der Waals surface area contributed by atoms with Crippen LogP contribution in [0.1, 0.15) is 31.2 Å². The summed E-state index contributed by atoms with van der Waals surface area (Å²) < 4.78 is 0. The second kappa shape index (κ2) is 5.82. The van der Waals surface area contributed by atoms with Crippen LogP contribution in [-0.2, 0) is 11.3 Å². The highest BCUT2D eigenvalue weighted by Crippen LogP contribution is 2.26. The molecule has 2 rings (SSSR count). The maximum absolute atomic E-state index is 11.8. The Balaban J connectivity index is 1.74. The first-order chi connectivity index (χ1) is 8.25. The Labute approximate surface area is 102 Å². The quantitative estimate of drug-likeness (QED) is 0.832. The van der Waals surface area contributed by atoms with Crippen molar-refractivity contribution in [3.05, 3.63) is 35.9 Å². The van der Waals surface area contributed by atoms with Gasteiger partial charge in [-0.1, -0.05) is 36.8 Å². The number of hydrogen-bond acceptors (Lipinski definition) is 2. The lowest BCUT2D eigenvalue weighted by molar-refractivity contribution is -0.122. The molecule has 3 N–H and O–H groups in total.